The Balaban J connectivity index is 0.00000625. The molecule has 0 aromatic heterocycles. The number of benzene rings is 1. The van der Waals surface area contributed by atoms with Crippen LogP contribution in [0.3, 0.4) is 0 Å². The Labute approximate surface area is 162 Å². The van der Waals surface area contributed by atoms with E-state index in [2.05, 4.69) is 10.0 Å². The lowest BCUT2D eigenvalue weighted by Gasteiger charge is -2.31. The van der Waals surface area contributed by atoms with Crippen LogP contribution in [0.5, 0.6) is 5.75 Å². The van der Waals surface area contributed by atoms with Crippen LogP contribution in [0.15, 0.2) is 24.3 Å². The van der Waals surface area contributed by atoms with Gasteiger partial charge >= 0.3 is 0 Å². The molecule has 26 heavy (non-hydrogen) atoms. The second-order valence-corrected chi connectivity index (χ2v) is 8.01. The third-order valence-electron chi connectivity index (χ3n) is 3.97. The quantitative estimate of drug-likeness (QED) is 0.551. The van der Waals surface area contributed by atoms with Crippen LogP contribution in [0.2, 0.25) is 0 Å². The zero-order valence-electron chi connectivity index (χ0n) is 15.7. The predicted octanol–water partition coefficient (Wildman–Crippen LogP) is 2.27. The number of ether oxygens (including phenoxy) is 1. The average molecular weight is 408 g/mol. The number of anilines is 1. The Kier molecular flexibility index (Phi) is 9.98. The van der Waals surface area contributed by atoms with Crippen molar-refractivity contribution in [2.24, 2.45) is 5.73 Å². The smallest absolute Gasteiger partial charge is 0.241 e. The molecule has 0 aliphatic heterocycles. The van der Waals surface area contributed by atoms with E-state index in [1.165, 1.54) is 0 Å². The van der Waals surface area contributed by atoms with Gasteiger partial charge in [0.2, 0.25) is 15.9 Å². The Morgan fingerprint density at radius 1 is 1.19 bits per heavy atom. The van der Waals surface area contributed by atoms with Crippen LogP contribution in [-0.2, 0) is 14.8 Å². The van der Waals surface area contributed by atoms with Gasteiger partial charge in [0.05, 0.1) is 11.6 Å². The van der Waals surface area contributed by atoms with Crippen LogP contribution >= 0.6 is 12.4 Å². The fourth-order valence-corrected chi connectivity index (χ4v) is 3.34. The summed E-state index contributed by atoms with van der Waals surface area (Å²) in [5.74, 6) is -0.574. The zero-order chi connectivity index (χ0) is 19.1. The van der Waals surface area contributed by atoms with E-state index in [4.69, 9.17) is 10.5 Å². The van der Waals surface area contributed by atoms with E-state index >= 15 is 0 Å². The molecule has 1 amide bonds. The highest BCUT2D eigenvalue weighted by molar-refractivity contribution is 7.93. The van der Waals surface area contributed by atoms with E-state index in [0.29, 0.717) is 24.3 Å². The number of nitrogens with one attached hydrogen (secondary N) is 2. The lowest BCUT2D eigenvalue weighted by Crippen LogP contribution is -2.54. The largest absolute Gasteiger partial charge is 0.491 e. The predicted molar refractivity (Wildman–Crippen MR) is 107 cm³/mol. The summed E-state index contributed by atoms with van der Waals surface area (Å²) in [5.41, 5.74) is 5.53. The Bertz CT molecular complexity index is 651. The summed E-state index contributed by atoms with van der Waals surface area (Å²) >= 11 is 0. The highest BCUT2D eigenvalue weighted by Gasteiger charge is 2.28. The molecule has 0 radical (unpaired) electrons. The molecule has 7 nitrogen and oxygen atoms in total. The zero-order valence-corrected chi connectivity index (χ0v) is 17.4. The van der Waals surface area contributed by atoms with Crippen LogP contribution in [-0.4, -0.2) is 38.3 Å². The van der Waals surface area contributed by atoms with Gasteiger partial charge in [-0.2, -0.15) is 0 Å². The van der Waals surface area contributed by atoms with E-state index in [0.717, 1.165) is 0 Å². The Morgan fingerprint density at radius 2 is 1.73 bits per heavy atom. The fraction of sp³-hybridized carbons (Fsp3) is 0.588. The molecule has 0 atom stereocenters. The van der Waals surface area contributed by atoms with Crippen molar-refractivity contribution in [3.63, 3.8) is 0 Å². The van der Waals surface area contributed by atoms with Crippen molar-refractivity contribution in [3.8, 4) is 5.75 Å². The van der Waals surface area contributed by atoms with Gasteiger partial charge in [0.15, 0.2) is 0 Å². The average Bonchev–Trinajstić information content (AvgIpc) is 2.53. The van der Waals surface area contributed by atoms with Crippen LogP contribution in [0, 0.1) is 0 Å². The number of carbonyl (C=O) groups is 1. The molecule has 0 unspecified atom stereocenters. The second-order valence-electron chi connectivity index (χ2n) is 6.29. The van der Waals surface area contributed by atoms with Gasteiger partial charge in [-0.15, -0.1) is 12.4 Å². The molecule has 0 bridgehead atoms. The molecule has 0 saturated heterocycles. The summed E-state index contributed by atoms with van der Waals surface area (Å²) in [6, 6.07) is 6.53. The molecule has 1 aromatic rings. The summed E-state index contributed by atoms with van der Waals surface area (Å²) in [5, 5.41) is 2.75. The number of amides is 1. The maximum atomic E-state index is 12.2. The number of rotatable bonds is 10. The first-order valence-electron chi connectivity index (χ1n) is 8.43. The SMILES string of the molecule is CCC(CC)(CN)NC(=O)CS(=O)(=O)Nc1ccc(OC(C)C)cc1.Cl. The van der Waals surface area contributed by atoms with Crippen molar-refractivity contribution in [1.82, 2.24) is 5.32 Å². The lowest BCUT2D eigenvalue weighted by atomic mass is 9.93. The van der Waals surface area contributed by atoms with Crippen LogP contribution in [0.1, 0.15) is 40.5 Å². The van der Waals surface area contributed by atoms with E-state index in [1.807, 2.05) is 27.7 Å². The van der Waals surface area contributed by atoms with Crippen molar-refractivity contribution < 1.29 is 17.9 Å². The first-order chi connectivity index (χ1) is 11.6. The van der Waals surface area contributed by atoms with E-state index in [1.54, 1.807) is 24.3 Å². The maximum absolute atomic E-state index is 12.2. The molecule has 0 saturated carbocycles. The molecule has 9 heteroatoms. The summed E-state index contributed by atoms with van der Waals surface area (Å²) in [6.45, 7) is 7.89. The molecule has 0 spiro atoms. The summed E-state index contributed by atoms with van der Waals surface area (Å²) in [6.07, 6.45) is 1.30. The highest BCUT2D eigenvalue weighted by atomic mass is 35.5. The molecule has 4 N–H and O–H groups in total. The minimum atomic E-state index is -3.81. The number of sulfonamides is 1. The molecule has 1 rings (SSSR count). The van der Waals surface area contributed by atoms with E-state index in [-0.39, 0.29) is 25.1 Å². The van der Waals surface area contributed by atoms with Gasteiger partial charge in [-0.1, -0.05) is 13.8 Å². The van der Waals surface area contributed by atoms with E-state index in [9.17, 15) is 13.2 Å². The molecule has 0 aliphatic rings. The molecule has 0 aliphatic carbocycles. The van der Waals surface area contributed by atoms with E-state index < -0.39 is 27.2 Å². The van der Waals surface area contributed by atoms with Gasteiger partial charge in [-0.25, -0.2) is 8.42 Å². The minimum absolute atomic E-state index is 0. The molecular weight excluding hydrogens is 378 g/mol. The van der Waals surface area contributed by atoms with Crippen molar-refractivity contribution in [3.05, 3.63) is 24.3 Å². The number of carbonyl (C=O) groups excluding carboxylic acids is 1. The van der Waals surface area contributed by atoms with Crippen LogP contribution in [0.4, 0.5) is 5.69 Å². The Morgan fingerprint density at radius 3 is 2.15 bits per heavy atom. The lowest BCUT2D eigenvalue weighted by molar-refractivity contribution is -0.120. The monoisotopic (exact) mass is 407 g/mol. The molecular formula is C17H30ClN3O4S. The number of hydrogen-bond acceptors (Lipinski definition) is 5. The minimum Gasteiger partial charge on any atom is -0.491 e. The third kappa shape index (κ3) is 7.80. The third-order valence-corrected chi connectivity index (χ3v) is 5.16. The molecule has 0 heterocycles. The maximum Gasteiger partial charge on any atom is 0.241 e. The highest BCUT2D eigenvalue weighted by Crippen LogP contribution is 2.18. The summed E-state index contributed by atoms with van der Waals surface area (Å²) in [4.78, 5) is 12.1. The van der Waals surface area contributed by atoms with Crippen molar-refractivity contribution in [2.75, 3.05) is 17.0 Å². The number of nitrogens with two attached hydrogens (primary N) is 1. The fourth-order valence-electron chi connectivity index (χ4n) is 2.36. The van der Waals surface area contributed by atoms with Crippen LogP contribution in [0.25, 0.3) is 0 Å². The van der Waals surface area contributed by atoms with Crippen molar-refractivity contribution >= 4 is 34.0 Å². The topological polar surface area (TPSA) is 111 Å². The summed E-state index contributed by atoms with van der Waals surface area (Å²) in [7, 11) is -3.81. The first-order valence-corrected chi connectivity index (χ1v) is 10.1. The normalized spacial score (nSPS) is 11.6. The standard InChI is InChI=1S/C17H29N3O4S.ClH/c1-5-17(6-2,12-18)19-16(21)11-25(22,23)20-14-7-9-15(10-8-14)24-13(3)4;/h7-10,13,20H,5-6,11-12,18H2,1-4H3,(H,19,21);1H. The van der Waals surface area contributed by atoms with Crippen LogP contribution < -0.4 is 20.5 Å². The molecule has 0 fully saturated rings. The van der Waals surface area contributed by atoms with Crippen molar-refractivity contribution in [1.29, 1.82) is 0 Å². The first kappa shape index (κ1) is 24.5. The van der Waals surface area contributed by atoms with Gasteiger partial charge in [-0.05, 0) is 51.0 Å². The Hall–Kier alpha value is -1.51. The summed E-state index contributed by atoms with van der Waals surface area (Å²) < 4.78 is 32.3. The van der Waals surface area contributed by atoms with Crippen molar-refractivity contribution in [2.45, 2.75) is 52.2 Å². The second kappa shape index (κ2) is 10.6. The number of halogens is 1. The van der Waals surface area contributed by atoms with Gasteiger partial charge in [0.25, 0.3) is 0 Å². The molecule has 150 valence electrons. The molecule has 1 aromatic carbocycles. The van der Waals surface area contributed by atoms with Gasteiger partial charge in [0, 0.05) is 12.2 Å². The van der Waals surface area contributed by atoms with Gasteiger partial charge in [0.1, 0.15) is 11.5 Å². The van der Waals surface area contributed by atoms with Gasteiger partial charge < -0.3 is 15.8 Å². The number of hydrogen-bond donors (Lipinski definition) is 3. The van der Waals surface area contributed by atoms with Gasteiger partial charge in [-0.3, -0.25) is 9.52 Å².